The second-order valence-electron chi connectivity index (χ2n) is 6.10. The molecule has 0 aromatic heterocycles. The van der Waals surface area contributed by atoms with Gasteiger partial charge in [-0.05, 0) is 38.8 Å². The first kappa shape index (κ1) is 15.9. The van der Waals surface area contributed by atoms with E-state index in [0.29, 0.717) is 16.5 Å². The molecule has 0 unspecified atom stereocenters. The lowest BCUT2D eigenvalue weighted by Gasteiger charge is -2.30. The van der Waals surface area contributed by atoms with Gasteiger partial charge in [0.2, 0.25) is 0 Å². The maximum atomic E-state index is 12.0. The van der Waals surface area contributed by atoms with E-state index in [4.69, 9.17) is 16.3 Å². The number of hydrogen-bond acceptors (Lipinski definition) is 3. The zero-order chi connectivity index (χ0) is 15.6. The Labute approximate surface area is 129 Å². The third-order valence-corrected chi connectivity index (χ3v) is 3.64. The fourth-order valence-corrected chi connectivity index (χ4v) is 2.65. The molecule has 1 aromatic carbocycles. The van der Waals surface area contributed by atoms with Crippen LogP contribution in [0.5, 0.6) is 0 Å². The van der Waals surface area contributed by atoms with Crippen molar-refractivity contribution in [2.24, 2.45) is 0 Å². The van der Waals surface area contributed by atoms with Gasteiger partial charge in [0.15, 0.2) is 0 Å². The van der Waals surface area contributed by atoms with Gasteiger partial charge in [-0.15, -0.1) is 0 Å². The molecule has 1 N–H and O–H groups in total. The molecule has 0 saturated heterocycles. The van der Waals surface area contributed by atoms with E-state index >= 15 is 0 Å². The molecule has 4 nitrogen and oxygen atoms in total. The van der Waals surface area contributed by atoms with Crippen LogP contribution in [0, 0.1) is 0 Å². The summed E-state index contributed by atoms with van der Waals surface area (Å²) in [5.74, 6) is -0.142. The van der Waals surface area contributed by atoms with Gasteiger partial charge in [-0.25, -0.2) is 4.79 Å². The normalized spacial score (nSPS) is 21.4. The summed E-state index contributed by atoms with van der Waals surface area (Å²) in [4.78, 5) is 12.0. The van der Waals surface area contributed by atoms with Crippen molar-refractivity contribution in [3.05, 3.63) is 47.0 Å². The number of amides is 1. The van der Waals surface area contributed by atoms with Crippen molar-refractivity contribution in [1.29, 1.82) is 0 Å². The van der Waals surface area contributed by atoms with Gasteiger partial charge in [-0.1, -0.05) is 42.0 Å². The molecule has 1 aromatic rings. The van der Waals surface area contributed by atoms with Crippen LogP contribution >= 0.6 is 11.6 Å². The molecule has 0 fully saturated rings. The van der Waals surface area contributed by atoms with Crippen LogP contribution in [-0.4, -0.2) is 28.0 Å². The van der Waals surface area contributed by atoms with Crippen LogP contribution in [-0.2, 0) is 4.74 Å². The van der Waals surface area contributed by atoms with Gasteiger partial charge < -0.3 is 4.74 Å². The van der Waals surface area contributed by atoms with Crippen LogP contribution in [0.2, 0.25) is 5.02 Å². The summed E-state index contributed by atoms with van der Waals surface area (Å²) in [7, 11) is 0. The highest BCUT2D eigenvalue weighted by atomic mass is 35.5. The smallest absolute Gasteiger partial charge is 0.434 e. The summed E-state index contributed by atoms with van der Waals surface area (Å²) < 4.78 is 5.20. The number of hydroxylamine groups is 2. The van der Waals surface area contributed by atoms with Crippen molar-refractivity contribution < 1.29 is 14.7 Å². The molecule has 0 heterocycles. The average molecular weight is 310 g/mol. The monoisotopic (exact) mass is 309 g/mol. The number of carbonyl (C=O) groups excluding carboxylic acids is 1. The maximum absolute atomic E-state index is 12.0. The second kappa shape index (κ2) is 6.08. The Morgan fingerprint density at radius 2 is 2.05 bits per heavy atom. The van der Waals surface area contributed by atoms with Crippen LogP contribution in [0.4, 0.5) is 4.79 Å². The van der Waals surface area contributed by atoms with Crippen molar-refractivity contribution >= 4 is 17.7 Å². The second-order valence-corrected chi connectivity index (χ2v) is 6.51. The van der Waals surface area contributed by atoms with Crippen LogP contribution < -0.4 is 0 Å². The Kier molecular flexibility index (Phi) is 4.59. The molecule has 0 bridgehead atoms. The van der Waals surface area contributed by atoms with E-state index < -0.39 is 17.7 Å². The molecule has 0 radical (unpaired) electrons. The van der Waals surface area contributed by atoms with Crippen LogP contribution in [0.25, 0.3) is 0 Å². The number of rotatable bonds is 2. The minimum absolute atomic E-state index is 0.142. The van der Waals surface area contributed by atoms with E-state index in [2.05, 4.69) is 0 Å². The Morgan fingerprint density at radius 3 is 2.67 bits per heavy atom. The molecule has 0 spiro atoms. The van der Waals surface area contributed by atoms with Gasteiger partial charge in [0.25, 0.3) is 0 Å². The molecule has 1 aliphatic carbocycles. The highest BCUT2D eigenvalue weighted by Gasteiger charge is 2.35. The molecule has 2 atom stereocenters. The fraction of sp³-hybridized carbons (Fsp3) is 0.438. The van der Waals surface area contributed by atoms with Gasteiger partial charge in [0.1, 0.15) is 5.60 Å². The predicted octanol–water partition coefficient (Wildman–Crippen LogP) is 4.38. The summed E-state index contributed by atoms with van der Waals surface area (Å²) >= 11 is 6.21. The van der Waals surface area contributed by atoms with Gasteiger partial charge in [0, 0.05) is 10.9 Å². The minimum atomic E-state index is -0.742. The van der Waals surface area contributed by atoms with Gasteiger partial charge >= 0.3 is 6.09 Å². The van der Waals surface area contributed by atoms with E-state index in [1.54, 1.807) is 26.8 Å². The summed E-state index contributed by atoms with van der Waals surface area (Å²) in [6, 6.07) is 7.04. The number of hydrogen-bond donors (Lipinski definition) is 1. The highest BCUT2D eigenvalue weighted by Crippen LogP contribution is 2.36. The summed E-state index contributed by atoms with van der Waals surface area (Å²) in [6.07, 6.45) is 3.71. The molecule has 0 aliphatic heterocycles. The molecular weight excluding hydrogens is 290 g/mol. The van der Waals surface area contributed by atoms with Crippen molar-refractivity contribution in [3.8, 4) is 0 Å². The zero-order valence-electron chi connectivity index (χ0n) is 12.4. The molecule has 2 rings (SSSR count). The van der Waals surface area contributed by atoms with Crippen molar-refractivity contribution in [2.75, 3.05) is 0 Å². The number of nitrogens with zero attached hydrogens (tertiary/aromatic N) is 1. The lowest BCUT2D eigenvalue weighted by atomic mass is 9.94. The summed E-state index contributed by atoms with van der Waals surface area (Å²) in [6.45, 7) is 5.28. The molecule has 114 valence electrons. The third kappa shape index (κ3) is 3.77. The third-order valence-electron chi connectivity index (χ3n) is 3.29. The van der Waals surface area contributed by atoms with E-state index in [9.17, 15) is 10.0 Å². The van der Waals surface area contributed by atoms with E-state index in [1.807, 2.05) is 30.4 Å². The quantitative estimate of drug-likeness (QED) is 0.501. The molecule has 0 saturated carbocycles. The number of benzene rings is 1. The molecule has 1 aliphatic rings. The van der Waals surface area contributed by atoms with Crippen molar-refractivity contribution in [1.82, 2.24) is 5.06 Å². The Bertz CT molecular complexity index is 551. The van der Waals surface area contributed by atoms with E-state index in [-0.39, 0.29) is 5.92 Å². The standard InChI is InChI=1S/C16H20ClNO3/c1-16(2,3)21-15(19)18(20)14-10-6-8-12(14)11-7-4-5-9-13(11)17/h4-9,12,14,20H,10H2,1-3H3/t12-,14+/m1/s1. The van der Waals surface area contributed by atoms with Gasteiger partial charge in [0.05, 0.1) is 6.04 Å². The summed E-state index contributed by atoms with van der Waals surface area (Å²) in [5.41, 5.74) is 0.241. The first-order valence-corrected chi connectivity index (χ1v) is 7.29. The average Bonchev–Trinajstić information content (AvgIpc) is 2.85. The first-order chi connectivity index (χ1) is 9.79. The SMILES string of the molecule is CC(C)(C)OC(=O)N(O)[C@H]1CC=C[C@@H]1c1ccccc1Cl. The minimum Gasteiger partial charge on any atom is -0.442 e. The Morgan fingerprint density at radius 1 is 1.38 bits per heavy atom. The number of carbonyl (C=O) groups is 1. The molecule has 21 heavy (non-hydrogen) atoms. The molecule has 1 amide bonds. The van der Waals surface area contributed by atoms with Gasteiger partial charge in [-0.3, -0.25) is 5.21 Å². The van der Waals surface area contributed by atoms with Gasteiger partial charge in [-0.2, -0.15) is 5.06 Å². The lowest BCUT2D eigenvalue weighted by Crippen LogP contribution is -2.42. The highest BCUT2D eigenvalue weighted by molar-refractivity contribution is 6.31. The van der Waals surface area contributed by atoms with Crippen LogP contribution in [0.3, 0.4) is 0 Å². The summed E-state index contributed by atoms with van der Waals surface area (Å²) in [5, 5.41) is 11.5. The Balaban J connectivity index is 2.16. The first-order valence-electron chi connectivity index (χ1n) is 6.92. The van der Waals surface area contributed by atoms with Crippen LogP contribution in [0.15, 0.2) is 36.4 Å². The fourth-order valence-electron chi connectivity index (χ4n) is 2.39. The molecular formula is C16H20ClNO3. The van der Waals surface area contributed by atoms with E-state index in [1.165, 1.54) is 0 Å². The van der Waals surface area contributed by atoms with Crippen molar-refractivity contribution in [2.45, 2.75) is 44.8 Å². The lowest BCUT2D eigenvalue weighted by molar-refractivity contribution is -0.120. The van der Waals surface area contributed by atoms with Crippen molar-refractivity contribution in [3.63, 3.8) is 0 Å². The molecule has 5 heteroatoms. The maximum Gasteiger partial charge on any atom is 0.434 e. The number of halogens is 1. The predicted molar refractivity (Wildman–Crippen MR) is 81.6 cm³/mol. The largest absolute Gasteiger partial charge is 0.442 e. The van der Waals surface area contributed by atoms with E-state index in [0.717, 1.165) is 5.56 Å². The van der Waals surface area contributed by atoms with Crippen LogP contribution in [0.1, 0.15) is 38.7 Å². The zero-order valence-corrected chi connectivity index (χ0v) is 13.2. The number of ether oxygens (including phenoxy) is 1. The Hall–Kier alpha value is -1.52. The topological polar surface area (TPSA) is 49.8 Å².